The lowest BCUT2D eigenvalue weighted by Gasteiger charge is -2.24. The number of hydrogen-bond acceptors (Lipinski definition) is 3. The first-order valence-electron chi connectivity index (χ1n) is 9.81. The summed E-state index contributed by atoms with van der Waals surface area (Å²) in [6, 6.07) is 21.4. The zero-order valence-electron chi connectivity index (χ0n) is 17.5. The summed E-state index contributed by atoms with van der Waals surface area (Å²) in [4.78, 5) is 2.45. The molecule has 5 heteroatoms. The molecule has 2 aromatic carbocycles. The van der Waals surface area contributed by atoms with Crippen LogP contribution >= 0.6 is 11.8 Å². The summed E-state index contributed by atoms with van der Waals surface area (Å²) in [7, 11) is 0. The summed E-state index contributed by atoms with van der Waals surface area (Å²) in [5.74, 6) is 0. The molecule has 2 heterocycles. The molecule has 4 aromatic rings. The van der Waals surface area contributed by atoms with Gasteiger partial charge in [0.1, 0.15) is 0 Å². The molecule has 0 saturated carbocycles. The standard InChI is InChI=1S/C24H26N4S/c1-16-9-8-10-21(13-16)29-23-12-7-6-11-22(23)24(27-19(4)14-17(2)25-27)28-20(5)15-18(3)26-28/h6-15,24H,1-5H3. The maximum absolute atomic E-state index is 4.82. The highest BCUT2D eigenvalue weighted by Gasteiger charge is 2.24. The van der Waals surface area contributed by atoms with Gasteiger partial charge < -0.3 is 0 Å². The predicted octanol–water partition coefficient (Wildman–Crippen LogP) is 5.87. The fraction of sp³-hybridized carbons (Fsp3) is 0.250. The minimum absolute atomic E-state index is 0.133. The van der Waals surface area contributed by atoms with Gasteiger partial charge in [0.25, 0.3) is 0 Å². The van der Waals surface area contributed by atoms with Crippen molar-refractivity contribution in [1.82, 2.24) is 19.6 Å². The number of hydrogen-bond donors (Lipinski definition) is 0. The molecular weight excluding hydrogens is 376 g/mol. The molecule has 0 unspecified atom stereocenters. The zero-order chi connectivity index (χ0) is 20.5. The van der Waals surface area contributed by atoms with Gasteiger partial charge >= 0.3 is 0 Å². The van der Waals surface area contributed by atoms with Crippen LogP contribution in [0.5, 0.6) is 0 Å². The van der Waals surface area contributed by atoms with Crippen LogP contribution in [0.25, 0.3) is 0 Å². The van der Waals surface area contributed by atoms with Crippen molar-refractivity contribution >= 4 is 11.8 Å². The molecule has 0 fully saturated rings. The Bertz CT molecular complexity index is 1110. The van der Waals surface area contributed by atoms with Crippen LogP contribution in [0.2, 0.25) is 0 Å². The fourth-order valence-corrected chi connectivity index (χ4v) is 4.83. The largest absolute Gasteiger partial charge is 0.240 e. The van der Waals surface area contributed by atoms with Crippen LogP contribution in [0.3, 0.4) is 0 Å². The number of rotatable bonds is 5. The first kappa shape index (κ1) is 19.5. The number of aromatic nitrogens is 4. The van der Waals surface area contributed by atoms with Crippen LogP contribution in [0.15, 0.2) is 70.5 Å². The number of aryl methyl sites for hydroxylation is 5. The first-order valence-corrected chi connectivity index (χ1v) is 10.6. The summed E-state index contributed by atoms with van der Waals surface area (Å²) in [5.41, 5.74) is 6.72. The van der Waals surface area contributed by atoms with Gasteiger partial charge in [0.05, 0.1) is 11.4 Å². The summed E-state index contributed by atoms with van der Waals surface area (Å²) in [6.07, 6.45) is -0.133. The van der Waals surface area contributed by atoms with Gasteiger partial charge in [0, 0.05) is 26.7 Å². The normalized spacial score (nSPS) is 11.4. The van der Waals surface area contributed by atoms with E-state index in [9.17, 15) is 0 Å². The molecule has 0 spiro atoms. The summed E-state index contributed by atoms with van der Waals surface area (Å²) >= 11 is 1.79. The minimum atomic E-state index is -0.133. The van der Waals surface area contributed by atoms with Crippen LogP contribution in [0, 0.1) is 34.6 Å². The lowest BCUT2D eigenvalue weighted by atomic mass is 10.1. The molecule has 0 radical (unpaired) electrons. The van der Waals surface area contributed by atoms with E-state index < -0.39 is 0 Å². The predicted molar refractivity (Wildman–Crippen MR) is 119 cm³/mol. The van der Waals surface area contributed by atoms with Crippen molar-refractivity contribution in [1.29, 1.82) is 0 Å². The highest BCUT2D eigenvalue weighted by atomic mass is 32.2. The van der Waals surface area contributed by atoms with E-state index in [0.717, 1.165) is 22.8 Å². The van der Waals surface area contributed by atoms with Crippen LogP contribution in [-0.4, -0.2) is 19.6 Å². The first-order chi connectivity index (χ1) is 13.9. The Morgan fingerprint density at radius 1 is 0.724 bits per heavy atom. The Labute approximate surface area is 176 Å². The van der Waals surface area contributed by atoms with Gasteiger partial charge in [-0.2, -0.15) is 10.2 Å². The maximum atomic E-state index is 4.82. The quantitative estimate of drug-likeness (QED) is 0.419. The second-order valence-electron chi connectivity index (χ2n) is 7.57. The van der Waals surface area contributed by atoms with Crippen molar-refractivity contribution in [3.63, 3.8) is 0 Å². The van der Waals surface area contributed by atoms with Gasteiger partial charge in [0.15, 0.2) is 6.17 Å². The molecular formula is C24H26N4S. The van der Waals surface area contributed by atoms with Gasteiger partial charge in [0.2, 0.25) is 0 Å². The van der Waals surface area contributed by atoms with Gasteiger partial charge in [-0.15, -0.1) is 0 Å². The van der Waals surface area contributed by atoms with Gasteiger partial charge in [-0.3, -0.25) is 0 Å². The highest BCUT2D eigenvalue weighted by molar-refractivity contribution is 7.99. The third-order valence-electron chi connectivity index (χ3n) is 4.97. The van der Waals surface area contributed by atoms with E-state index in [1.165, 1.54) is 20.9 Å². The molecule has 0 amide bonds. The Morgan fingerprint density at radius 3 is 1.90 bits per heavy atom. The average Bonchev–Trinajstić information content (AvgIpc) is 3.17. The second-order valence-corrected chi connectivity index (χ2v) is 8.69. The van der Waals surface area contributed by atoms with Crippen LogP contribution in [-0.2, 0) is 0 Å². The topological polar surface area (TPSA) is 35.6 Å². The molecule has 29 heavy (non-hydrogen) atoms. The van der Waals surface area contributed by atoms with E-state index in [-0.39, 0.29) is 6.17 Å². The van der Waals surface area contributed by atoms with E-state index >= 15 is 0 Å². The Kier molecular flexibility index (Phi) is 5.33. The Morgan fingerprint density at radius 2 is 1.34 bits per heavy atom. The zero-order valence-corrected chi connectivity index (χ0v) is 18.4. The molecule has 4 nitrogen and oxygen atoms in total. The summed E-state index contributed by atoms with van der Waals surface area (Å²) < 4.78 is 4.18. The maximum Gasteiger partial charge on any atom is 0.170 e. The van der Waals surface area contributed by atoms with Crippen molar-refractivity contribution in [2.75, 3.05) is 0 Å². The van der Waals surface area contributed by atoms with Crippen molar-refractivity contribution < 1.29 is 0 Å². The monoisotopic (exact) mass is 402 g/mol. The van der Waals surface area contributed by atoms with Crippen molar-refractivity contribution in [2.45, 2.75) is 50.6 Å². The molecule has 0 atom stereocenters. The molecule has 0 aliphatic rings. The summed E-state index contributed by atoms with van der Waals surface area (Å²) in [5, 5.41) is 9.65. The molecule has 0 aliphatic heterocycles. The third-order valence-corrected chi connectivity index (χ3v) is 6.05. The smallest absolute Gasteiger partial charge is 0.170 e. The number of benzene rings is 2. The van der Waals surface area contributed by atoms with E-state index in [0.29, 0.717) is 0 Å². The van der Waals surface area contributed by atoms with E-state index in [1.54, 1.807) is 11.8 Å². The lowest BCUT2D eigenvalue weighted by Crippen LogP contribution is -2.24. The molecule has 0 saturated heterocycles. The summed E-state index contributed by atoms with van der Waals surface area (Å²) in [6.45, 7) is 10.4. The van der Waals surface area contributed by atoms with E-state index in [4.69, 9.17) is 10.2 Å². The lowest BCUT2D eigenvalue weighted by molar-refractivity contribution is 0.396. The molecule has 0 bridgehead atoms. The van der Waals surface area contributed by atoms with Crippen molar-refractivity contribution in [3.05, 3.63) is 94.6 Å². The van der Waals surface area contributed by atoms with Gasteiger partial charge in [-0.05, 0) is 65.0 Å². The van der Waals surface area contributed by atoms with Crippen LogP contribution in [0.4, 0.5) is 0 Å². The van der Waals surface area contributed by atoms with Gasteiger partial charge in [-0.25, -0.2) is 9.36 Å². The highest BCUT2D eigenvalue weighted by Crippen LogP contribution is 2.36. The minimum Gasteiger partial charge on any atom is -0.240 e. The molecule has 0 N–H and O–H groups in total. The SMILES string of the molecule is Cc1cccc(Sc2ccccc2C(n2nc(C)cc2C)n2nc(C)cc2C)c1. The average molecular weight is 403 g/mol. The molecule has 2 aromatic heterocycles. The third kappa shape index (κ3) is 4.01. The van der Waals surface area contributed by atoms with Gasteiger partial charge in [-0.1, -0.05) is 47.7 Å². The van der Waals surface area contributed by atoms with E-state index in [1.807, 2.05) is 13.8 Å². The molecule has 148 valence electrons. The number of nitrogens with zero attached hydrogens (tertiary/aromatic N) is 4. The van der Waals surface area contributed by atoms with Crippen molar-refractivity contribution in [3.8, 4) is 0 Å². The van der Waals surface area contributed by atoms with Crippen molar-refractivity contribution in [2.24, 2.45) is 0 Å². The van der Waals surface area contributed by atoms with Crippen LogP contribution < -0.4 is 0 Å². The van der Waals surface area contributed by atoms with Crippen LogP contribution in [0.1, 0.15) is 40.1 Å². The Hall–Kier alpha value is -2.79. The molecule has 4 rings (SSSR count). The second kappa shape index (κ2) is 7.91. The fourth-order valence-electron chi connectivity index (χ4n) is 3.75. The Balaban J connectivity index is 1.88. The van der Waals surface area contributed by atoms with E-state index in [2.05, 4.69) is 90.8 Å². The molecule has 0 aliphatic carbocycles.